The van der Waals surface area contributed by atoms with E-state index in [0.717, 1.165) is 12.1 Å². The number of anilines is 1. The summed E-state index contributed by atoms with van der Waals surface area (Å²) in [4.78, 5) is 0. The van der Waals surface area contributed by atoms with Crippen LogP contribution in [-0.4, -0.2) is 5.71 Å². The summed E-state index contributed by atoms with van der Waals surface area (Å²) in [6, 6.07) is 18.3. The molecule has 33 heavy (non-hydrogen) atoms. The van der Waals surface area contributed by atoms with Crippen LogP contribution in [0.3, 0.4) is 0 Å². The van der Waals surface area contributed by atoms with Gasteiger partial charge >= 0.3 is 12.4 Å². The van der Waals surface area contributed by atoms with Gasteiger partial charge in [0.2, 0.25) is 0 Å². The molecule has 1 aliphatic rings. The Labute approximate surface area is 186 Å². The molecule has 0 N–H and O–H groups in total. The van der Waals surface area contributed by atoms with Crippen LogP contribution in [0.1, 0.15) is 34.7 Å². The molecular weight excluding hydrogens is 442 g/mol. The van der Waals surface area contributed by atoms with Gasteiger partial charge in [0, 0.05) is 6.42 Å². The Morgan fingerprint density at radius 2 is 1.27 bits per heavy atom. The summed E-state index contributed by atoms with van der Waals surface area (Å²) in [5.74, 6) is 0. The van der Waals surface area contributed by atoms with E-state index >= 15 is 0 Å². The maximum absolute atomic E-state index is 13.7. The van der Waals surface area contributed by atoms with Crippen LogP contribution in [0, 0.1) is 0 Å². The molecule has 0 aliphatic carbocycles. The minimum atomic E-state index is -4.55. The van der Waals surface area contributed by atoms with Crippen molar-refractivity contribution in [2.75, 3.05) is 5.01 Å². The van der Waals surface area contributed by atoms with Crippen molar-refractivity contribution in [2.45, 2.75) is 24.8 Å². The van der Waals surface area contributed by atoms with Gasteiger partial charge in [0.25, 0.3) is 0 Å². The maximum Gasteiger partial charge on any atom is 0.416 e. The predicted molar refractivity (Wildman–Crippen MR) is 116 cm³/mol. The van der Waals surface area contributed by atoms with E-state index in [-0.39, 0.29) is 17.5 Å². The summed E-state index contributed by atoms with van der Waals surface area (Å²) < 4.78 is 80.9. The van der Waals surface area contributed by atoms with Crippen LogP contribution in [0.25, 0.3) is 6.08 Å². The van der Waals surface area contributed by atoms with Gasteiger partial charge in [-0.05, 0) is 41.5 Å². The summed E-state index contributed by atoms with van der Waals surface area (Å²) in [6.07, 6.45) is -6.25. The highest BCUT2D eigenvalue weighted by atomic mass is 19.4. The first-order chi connectivity index (χ1) is 15.6. The normalized spacial score (nSPS) is 17.0. The monoisotopic (exact) mass is 460 g/mol. The van der Waals surface area contributed by atoms with Gasteiger partial charge in [-0.3, -0.25) is 5.01 Å². The van der Waals surface area contributed by atoms with Gasteiger partial charge in [-0.25, -0.2) is 0 Å². The molecule has 0 unspecified atom stereocenters. The topological polar surface area (TPSA) is 15.6 Å². The van der Waals surface area contributed by atoms with Gasteiger partial charge in [0.1, 0.15) is 0 Å². The van der Waals surface area contributed by atoms with E-state index in [0.29, 0.717) is 11.4 Å². The molecular formula is C25H18F6N2. The number of benzene rings is 3. The van der Waals surface area contributed by atoms with Crippen molar-refractivity contribution >= 4 is 17.5 Å². The van der Waals surface area contributed by atoms with Crippen LogP contribution < -0.4 is 5.01 Å². The summed E-state index contributed by atoms with van der Waals surface area (Å²) >= 11 is 0. The molecule has 0 fully saturated rings. The smallest absolute Gasteiger partial charge is 0.257 e. The highest BCUT2D eigenvalue weighted by molar-refractivity contribution is 6.01. The van der Waals surface area contributed by atoms with Crippen molar-refractivity contribution in [3.8, 4) is 0 Å². The van der Waals surface area contributed by atoms with E-state index in [1.54, 1.807) is 30.3 Å². The largest absolute Gasteiger partial charge is 0.416 e. The van der Waals surface area contributed by atoms with Crippen molar-refractivity contribution in [1.82, 2.24) is 0 Å². The van der Waals surface area contributed by atoms with Crippen LogP contribution in [0.15, 0.2) is 90.0 Å². The zero-order chi connectivity index (χ0) is 23.6. The molecule has 3 aromatic carbocycles. The molecule has 1 atom stereocenters. The molecule has 8 heteroatoms. The van der Waals surface area contributed by atoms with E-state index in [4.69, 9.17) is 0 Å². The number of hydrogen-bond acceptors (Lipinski definition) is 2. The molecule has 2 nitrogen and oxygen atoms in total. The third kappa shape index (κ3) is 4.94. The molecule has 0 amide bonds. The van der Waals surface area contributed by atoms with Crippen molar-refractivity contribution < 1.29 is 26.3 Å². The van der Waals surface area contributed by atoms with Gasteiger partial charge in [-0.2, -0.15) is 31.4 Å². The molecule has 170 valence electrons. The van der Waals surface area contributed by atoms with Gasteiger partial charge in [-0.15, -0.1) is 0 Å². The zero-order valence-corrected chi connectivity index (χ0v) is 17.1. The molecule has 0 saturated heterocycles. The second-order valence-electron chi connectivity index (χ2n) is 7.49. The number of halogens is 6. The van der Waals surface area contributed by atoms with Crippen molar-refractivity contribution in [1.29, 1.82) is 0 Å². The van der Waals surface area contributed by atoms with Crippen LogP contribution in [-0.2, 0) is 12.4 Å². The quantitative estimate of drug-likeness (QED) is 0.364. The molecule has 0 aromatic heterocycles. The van der Waals surface area contributed by atoms with Gasteiger partial charge < -0.3 is 0 Å². The first kappa shape index (κ1) is 22.6. The number of alkyl halides is 6. The number of rotatable bonds is 4. The molecule has 0 radical (unpaired) electrons. The number of hydrazone groups is 1. The first-order valence-electron chi connectivity index (χ1n) is 10.1. The van der Waals surface area contributed by atoms with Gasteiger partial charge in [-0.1, -0.05) is 60.7 Å². The Hall–Kier alpha value is -3.55. The van der Waals surface area contributed by atoms with Crippen molar-refractivity contribution in [2.24, 2.45) is 5.10 Å². The van der Waals surface area contributed by atoms with Crippen molar-refractivity contribution in [3.63, 3.8) is 0 Å². The third-order valence-electron chi connectivity index (χ3n) is 5.30. The van der Waals surface area contributed by atoms with Crippen LogP contribution in [0.2, 0.25) is 0 Å². The molecule has 4 rings (SSSR count). The van der Waals surface area contributed by atoms with Gasteiger partial charge in [0.05, 0.1) is 28.6 Å². The summed E-state index contributed by atoms with van der Waals surface area (Å²) in [5.41, 5.74) is -0.594. The Morgan fingerprint density at radius 3 is 1.94 bits per heavy atom. The number of nitrogens with zero attached hydrogens (tertiary/aromatic N) is 2. The molecule has 1 heterocycles. The average Bonchev–Trinajstić information content (AvgIpc) is 3.21. The molecule has 0 bridgehead atoms. The van der Waals surface area contributed by atoms with Crippen LogP contribution >= 0.6 is 0 Å². The summed E-state index contributed by atoms with van der Waals surface area (Å²) in [6.45, 7) is 0. The third-order valence-corrected chi connectivity index (χ3v) is 5.30. The Kier molecular flexibility index (Phi) is 6.01. The van der Waals surface area contributed by atoms with E-state index in [1.165, 1.54) is 53.6 Å². The minimum Gasteiger partial charge on any atom is -0.257 e. The maximum atomic E-state index is 13.7. The molecule has 0 saturated carbocycles. The first-order valence-corrected chi connectivity index (χ1v) is 10.1. The van der Waals surface area contributed by atoms with E-state index in [2.05, 4.69) is 5.10 Å². The fraction of sp³-hybridized carbons (Fsp3) is 0.160. The predicted octanol–water partition coefficient (Wildman–Crippen LogP) is 7.75. The number of hydrogen-bond donors (Lipinski definition) is 0. The minimum absolute atomic E-state index is 0.0434. The second kappa shape index (κ2) is 8.77. The van der Waals surface area contributed by atoms with Crippen LogP contribution in [0.4, 0.5) is 32.0 Å². The Bertz CT molecular complexity index is 1180. The average molecular weight is 460 g/mol. The number of allylic oxidation sites excluding steroid dienone is 1. The van der Waals surface area contributed by atoms with E-state index in [9.17, 15) is 26.3 Å². The molecule has 0 spiro atoms. The Balaban J connectivity index is 1.73. The standard InChI is InChI=1S/C25H18F6N2/c26-24(27,28)21-12-6-4-8-17(21)14-15-18-16-23(33(32-18)19-9-2-1-3-10-19)20-11-5-7-13-22(20)25(29,30)31/h1-15,23H,16H2/b15-14+/t23-/m0/s1. The van der Waals surface area contributed by atoms with Gasteiger partial charge in [0.15, 0.2) is 0 Å². The molecule has 3 aromatic rings. The fourth-order valence-corrected chi connectivity index (χ4v) is 3.83. The van der Waals surface area contributed by atoms with Crippen LogP contribution in [0.5, 0.6) is 0 Å². The zero-order valence-electron chi connectivity index (χ0n) is 17.1. The second-order valence-corrected chi connectivity index (χ2v) is 7.49. The molecule has 1 aliphatic heterocycles. The lowest BCUT2D eigenvalue weighted by Gasteiger charge is -2.26. The fourth-order valence-electron chi connectivity index (χ4n) is 3.83. The van der Waals surface area contributed by atoms with E-state index < -0.39 is 29.5 Å². The summed E-state index contributed by atoms with van der Waals surface area (Å²) in [7, 11) is 0. The SMILES string of the molecule is FC(F)(F)c1ccccc1/C=C/C1=NN(c2ccccc2)[C@H](c2ccccc2C(F)(F)F)C1. The van der Waals surface area contributed by atoms with Crippen molar-refractivity contribution in [3.05, 3.63) is 107 Å². The lowest BCUT2D eigenvalue weighted by Crippen LogP contribution is -2.22. The van der Waals surface area contributed by atoms with E-state index in [1.807, 2.05) is 0 Å². The Morgan fingerprint density at radius 1 is 0.697 bits per heavy atom. The highest BCUT2D eigenvalue weighted by Crippen LogP contribution is 2.42. The number of para-hydroxylation sites is 1. The lowest BCUT2D eigenvalue weighted by atomic mass is 9.95. The summed E-state index contributed by atoms with van der Waals surface area (Å²) in [5, 5.41) is 5.95. The highest BCUT2D eigenvalue weighted by Gasteiger charge is 2.38. The lowest BCUT2D eigenvalue weighted by molar-refractivity contribution is -0.139.